The molecule has 0 aliphatic carbocycles. The van der Waals surface area contributed by atoms with Gasteiger partial charge in [-0.15, -0.1) is 0 Å². The summed E-state index contributed by atoms with van der Waals surface area (Å²) in [5.74, 6) is -0.134. The van der Waals surface area contributed by atoms with Crippen LogP contribution >= 0.6 is 23.4 Å². The van der Waals surface area contributed by atoms with E-state index in [4.69, 9.17) is 21.1 Å². The molecule has 0 atom stereocenters. The molecule has 1 heterocycles. The van der Waals surface area contributed by atoms with Gasteiger partial charge in [0.1, 0.15) is 11.4 Å². The molecule has 0 aromatic heterocycles. The molecule has 1 aliphatic rings. The number of anilines is 1. The molecule has 0 spiro atoms. The number of thioether (sulfide) groups is 1. The number of rotatable bonds is 6. The zero-order valence-corrected chi connectivity index (χ0v) is 18.4. The van der Waals surface area contributed by atoms with Crippen molar-refractivity contribution >= 4 is 52.2 Å². The van der Waals surface area contributed by atoms with Crippen LogP contribution < -0.4 is 9.64 Å². The number of esters is 1. The second-order valence-corrected chi connectivity index (χ2v) is 7.68. The number of amides is 1. The zero-order chi connectivity index (χ0) is 21.7. The average Bonchev–Trinajstić information content (AvgIpc) is 3.03. The van der Waals surface area contributed by atoms with Gasteiger partial charge in [-0.1, -0.05) is 47.6 Å². The summed E-state index contributed by atoms with van der Waals surface area (Å²) in [6.45, 7) is 4.00. The molecule has 0 bridgehead atoms. The number of aliphatic imine (C=N–C) groups is 1. The molecule has 3 rings (SSSR count). The first-order chi connectivity index (χ1) is 14.4. The Bertz CT molecular complexity index is 1040. The van der Waals surface area contributed by atoms with Crippen LogP contribution in [0.4, 0.5) is 5.69 Å². The van der Waals surface area contributed by atoms with Gasteiger partial charge < -0.3 is 9.47 Å². The van der Waals surface area contributed by atoms with Crippen molar-refractivity contribution in [2.75, 3.05) is 24.4 Å². The number of methoxy groups -OCH3 is 1. The molecule has 0 fully saturated rings. The maximum absolute atomic E-state index is 13.2. The number of amidine groups is 1. The molecule has 2 aromatic rings. The number of nitrogens with zero attached hydrogens (tertiary/aromatic N) is 2. The van der Waals surface area contributed by atoms with E-state index < -0.39 is 0 Å². The van der Waals surface area contributed by atoms with E-state index in [9.17, 15) is 9.59 Å². The van der Waals surface area contributed by atoms with E-state index in [1.165, 1.54) is 12.0 Å². The summed E-state index contributed by atoms with van der Waals surface area (Å²) >= 11 is 7.40. The molecule has 30 heavy (non-hydrogen) atoms. The predicted molar refractivity (Wildman–Crippen MR) is 121 cm³/mol. The van der Waals surface area contributed by atoms with Gasteiger partial charge >= 0.3 is 5.97 Å². The van der Waals surface area contributed by atoms with Crippen molar-refractivity contribution in [2.24, 2.45) is 4.99 Å². The lowest BCUT2D eigenvalue weighted by Crippen LogP contribution is -2.31. The molecule has 0 saturated heterocycles. The van der Waals surface area contributed by atoms with Crippen LogP contribution in [0.2, 0.25) is 5.02 Å². The first-order valence-corrected chi connectivity index (χ1v) is 10.6. The summed E-state index contributed by atoms with van der Waals surface area (Å²) in [6, 6.07) is 12.8. The summed E-state index contributed by atoms with van der Waals surface area (Å²) in [6.07, 6.45) is 1.74. The van der Waals surface area contributed by atoms with Crippen LogP contribution in [0.15, 0.2) is 53.2 Å². The van der Waals surface area contributed by atoms with Gasteiger partial charge in [0.25, 0.3) is 5.91 Å². The van der Waals surface area contributed by atoms with Crippen molar-refractivity contribution in [1.29, 1.82) is 0 Å². The molecule has 8 heteroatoms. The van der Waals surface area contributed by atoms with Gasteiger partial charge in [-0.2, -0.15) is 0 Å². The Morgan fingerprint density at radius 1 is 1.27 bits per heavy atom. The molecule has 156 valence electrons. The Kier molecular flexibility index (Phi) is 7.18. The van der Waals surface area contributed by atoms with Crippen molar-refractivity contribution < 1.29 is 19.1 Å². The van der Waals surface area contributed by atoms with Crippen molar-refractivity contribution in [1.82, 2.24) is 0 Å². The Balaban J connectivity index is 1.97. The highest BCUT2D eigenvalue weighted by molar-refractivity contribution is 8.14. The van der Waals surface area contributed by atoms with E-state index in [1.54, 1.807) is 31.2 Å². The van der Waals surface area contributed by atoms with Crippen LogP contribution in [0.25, 0.3) is 6.08 Å². The van der Waals surface area contributed by atoms with Gasteiger partial charge in [-0.05, 0) is 49.2 Å². The Labute approximate surface area is 184 Å². The minimum Gasteiger partial charge on any atom is -0.495 e. The van der Waals surface area contributed by atoms with E-state index >= 15 is 0 Å². The van der Waals surface area contributed by atoms with Gasteiger partial charge in [-0.25, -0.2) is 4.99 Å². The maximum Gasteiger partial charge on any atom is 0.316 e. The molecule has 0 radical (unpaired) electrons. The third kappa shape index (κ3) is 4.86. The average molecular weight is 445 g/mol. The van der Waals surface area contributed by atoms with E-state index in [-0.39, 0.29) is 23.3 Å². The molecule has 1 amide bonds. The fourth-order valence-corrected chi connectivity index (χ4v) is 3.90. The van der Waals surface area contributed by atoms with E-state index in [2.05, 4.69) is 4.99 Å². The van der Waals surface area contributed by atoms with E-state index in [0.717, 1.165) is 22.9 Å². The SMILES string of the molecule is CCOC(=O)CSC1=NC(=Cc2ccccc2C)C(=O)N1c1ccc(OC)c(Cl)c1. The molecule has 6 nitrogen and oxygen atoms in total. The van der Waals surface area contributed by atoms with Gasteiger partial charge in [0.05, 0.1) is 30.2 Å². The van der Waals surface area contributed by atoms with Crippen LogP contribution in [-0.2, 0) is 14.3 Å². The second-order valence-electron chi connectivity index (χ2n) is 6.33. The lowest BCUT2D eigenvalue weighted by molar-refractivity contribution is -0.139. The number of halogens is 1. The first-order valence-electron chi connectivity index (χ1n) is 9.27. The highest BCUT2D eigenvalue weighted by atomic mass is 35.5. The van der Waals surface area contributed by atoms with Gasteiger partial charge in [0.2, 0.25) is 0 Å². The zero-order valence-electron chi connectivity index (χ0n) is 16.8. The van der Waals surface area contributed by atoms with Crippen molar-refractivity contribution in [3.8, 4) is 5.75 Å². The van der Waals surface area contributed by atoms with Crippen molar-refractivity contribution in [3.63, 3.8) is 0 Å². The molecular formula is C22H21ClN2O4S. The van der Waals surface area contributed by atoms with Gasteiger partial charge in [0, 0.05) is 0 Å². The predicted octanol–water partition coefficient (Wildman–Crippen LogP) is 4.70. The fraction of sp³-hybridized carbons (Fsp3) is 0.227. The maximum atomic E-state index is 13.2. The Morgan fingerprint density at radius 3 is 2.70 bits per heavy atom. The molecule has 2 aromatic carbocycles. The fourth-order valence-electron chi connectivity index (χ4n) is 2.84. The number of carbonyl (C=O) groups excluding carboxylic acids is 2. The largest absolute Gasteiger partial charge is 0.495 e. The molecule has 1 aliphatic heterocycles. The topological polar surface area (TPSA) is 68.2 Å². The summed E-state index contributed by atoms with van der Waals surface area (Å²) < 4.78 is 10.2. The van der Waals surface area contributed by atoms with Gasteiger partial charge in [-0.3, -0.25) is 14.5 Å². The normalized spacial score (nSPS) is 14.8. The number of hydrogen-bond donors (Lipinski definition) is 0. The lowest BCUT2D eigenvalue weighted by Gasteiger charge is -2.18. The minimum atomic E-state index is -0.373. The standard InChI is InChI=1S/C22H21ClN2O4S/c1-4-29-20(26)13-30-22-24-18(11-15-8-6-5-7-14(15)2)21(27)25(22)16-9-10-19(28-3)17(23)12-16/h5-12H,4,13H2,1-3H3. The van der Waals surface area contributed by atoms with Crippen molar-refractivity contribution in [2.45, 2.75) is 13.8 Å². The summed E-state index contributed by atoms with van der Waals surface area (Å²) in [4.78, 5) is 31.0. The summed E-state index contributed by atoms with van der Waals surface area (Å²) in [5, 5.41) is 0.753. The van der Waals surface area contributed by atoms with Crippen LogP contribution in [0.3, 0.4) is 0 Å². The van der Waals surface area contributed by atoms with Gasteiger partial charge in [0.15, 0.2) is 5.17 Å². The third-order valence-corrected chi connectivity index (χ3v) is 5.54. The minimum absolute atomic E-state index is 0.0397. The Hall–Kier alpha value is -2.77. The Morgan fingerprint density at radius 2 is 2.03 bits per heavy atom. The highest BCUT2D eigenvalue weighted by Gasteiger charge is 2.33. The number of carbonyl (C=O) groups is 2. The highest BCUT2D eigenvalue weighted by Crippen LogP contribution is 2.34. The van der Waals surface area contributed by atoms with E-state index in [0.29, 0.717) is 28.2 Å². The number of ether oxygens (including phenoxy) is 2. The molecule has 0 saturated carbocycles. The van der Waals surface area contributed by atoms with Crippen LogP contribution in [-0.4, -0.2) is 36.5 Å². The number of benzene rings is 2. The second kappa shape index (κ2) is 9.82. The smallest absolute Gasteiger partial charge is 0.316 e. The molecule has 0 unspecified atom stereocenters. The number of hydrogen-bond acceptors (Lipinski definition) is 6. The quantitative estimate of drug-likeness (QED) is 0.477. The monoisotopic (exact) mass is 444 g/mol. The summed E-state index contributed by atoms with van der Waals surface area (Å²) in [5.41, 5.74) is 2.74. The van der Waals surface area contributed by atoms with Crippen molar-refractivity contribution in [3.05, 3.63) is 64.3 Å². The lowest BCUT2D eigenvalue weighted by atomic mass is 10.1. The van der Waals surface area contributed by atoms with Crippen LogP contribution in [0.5, 0.6) is 5.75 Å². The third-order valence-electron chi connectivity index (χ3n) is 4.33. The first kappa shape index (κ1) is 21.9. The molecule has 0 N–H and O–H groups in total. The van der Waals surface area contributed by atoms with E-state index in [1.807, 2.05) is 31.2 Å². The number of aryl methyl sites for hydroxylation is 1. The van der Waals surface area contributed by atoms with Crippen LogP contribution in [0, 0.1) is 6.92 Å². The molecular weight excluding hydrogens is 424 g/mol. The summed E-state index contributed by atoms with van der Waals surface area (Å²) in [7, 11) is 1.52. The van der Waals surface area contributed by atoms with Crippen LogP contribution in [0.1, 0.15) is 18.1 Å².